The first-order valence-corrected chi connectivity index (χ1v) is 6.78. The second-order valence-corrected chi connectivity index (χ2v) is 5.34. The third-order valence-electron chi connectivity index (χ3n) is 3.31. The first kappa shape index (κ1) is 15.0. The summed E-state index contributed by atoms with van der Waals surface area (Å²) >= 11 is 0. The Bertz CT molecular complexity index is 716. The van der Waals surface area contributed by atoms with Crippen molar-refractivity contribution >= 4 is 5.82 Å². The van der Waals surface area contributed by atoms with Crippen LogP contribution in [0.1, 0.15) is 18.2 Å². The van der Waals surface area contributed by atoms with Crippen LogP contribution in [0, 0.1) is 13.8 Å². The zero-order valence-corrected chi connectivity index (χ0v) is 12.9. The van der Waals surface area contributed by atoms with Crippen LogP contribution in [0.25, 0.3) is 11.4 Å². The smallest absolute Gasteiger partial charge is 0.254 e. The van der Waals surface area contributed by atoms with Crippen LogP contribution in [0.4, 0.5) is 5.82 Å². The van der Waals surface area contributed by atoms with E-state index >= 15 is 0 Å². The SMILES string of the molecule is C=C(C)CN(C)c1ccc(-c2nc(C)c(C)c(=O)[nH]2)cn1. The number of aromatic nitrogens is 3. The fourth-order valence-electron chi connectivity index (χ4n) is 2.02. The van der Waals surface area contributed by atoms with E-state index in [0.717, 1.165) is 29.2 Å². The Morgan fingerprint density at radius 2 is 2.10 bits per heavy atom. The second kappa shape index (κ2) is 5.91. The topological polar surface area (TPSA) is 61.9 Å². The van der Waals surface area contributed by atoms with Crippen molar-refractivity contribution in [1.29, 1.82) is 0 Å². The summed E-state index contributed by atoms with van der Waals surface area (Å²) in [5, 5.41) is 0. The molecule has 0 fully saturated rings. The first-order valence-electron chi connectivity index (χ1n) is 6.78. The lowest BCUT2D eigenvalue weighted by molar-refractivity contribution is 0.953. The average molecular weight is 284 g/mol. The molecule has 0 saturated heterocycles. The molecule has 0 aromatic carbocycles. The summed E-state index contributed by atoms with van der Waals surface area (Å²) < 4.78 is 0. The number of rotatable bonds is 4. The van der Waals surface area contributed by atoms with Gasteiger partial charge in [-0.1, -0.05) is 12.2 Å². The van der Waals surface area contributed by atoms with E-state index in [-0.39, 0.29) is 5.56 Å². The van der Waals surface area contributed by atoms with Crippen LogP contribution in [0.3, 0.4) is 0 Å². The van der Waals surface area contributed by atoms with Gasteiger partial charge in [0.2, 0.25) is 0 Å². The van der Waals surface area contributed by atoms with Gasteiger partial charge in [0.1, 0.15) is 11.6 Å². The van der Waals surface area contributed by atoms with E-state index in [1.165, 1.54) is 0 Å². The van der Waals surface area contributed by atoms with Gasteiger partial charge in [-0.2, -0.15) is 0 Å². The van der Waals surface area contributed by atoms with Crippen molar-refractivity contribution in [3.05, 3.63) is 52.1 Å². The Kier molecular flexibility index (Phi) is 4.21. The van der Waals surface area contributed by atoms with Gasteiger partial charge >= 0.3 is 0 Å². The molecule has 2 aromatic rings. The fraction of sp³-hybridized carbons (Fsp3) is 0.312. The van der Waals surface area contributed by atoms with Gasteiger partial charge in [-0.25, -0.2) is 9.97 Å². The standard InChI is InChI=1S/C16H20N4O/c1-10(2)9-20(5)14-7-6-13(8-17-14)15-18-12(4)11(3)16(21)19-15/h6-8H,1,9H2,2-5H3,(H,18,19,21). The molecular formula is C16H20N4O. The van der Waals surface area contributed by atoms with Crippen LogP contribution in [0.2, 0.25) is 0 Å². The van der Waals surface area contributed by atoms with Crippen LogP contribution in [-0.2, 0) is 0 Å². The van der Waals surface area contributed by atoms with Gasteiger partial charge in [0.15, 0.2) is 0 Å². The molecule has 2 heterocycles. The van der Waals surface area contributed by atoms with Crippen molar-refractivity contribution in [2.75, 3.05) is 18.5 Å². The number of aryl methyl sites for hydroxylation is 1. The van der Waals surface area contributed by atoms with Gasteiger partial charge in [-0.15, -0.1) is 0 Å². The van der Waals surface area contributed by atoms with Crippen LogP contribution in [0.15, 0.2) is 35.3 Å². The highest BCUT2D eigenvalue weighted by atomic mass is 16.1. The normalized spacial score (nSPS) is 10.5. The lowest BCUT2D eigenvalue weighted by Gasteiger charge is -2.18. The third-order valence-corrected chi connectivity index (χ3v) is 3.31. The number of pyridine rings is 1. The minimum atomic E-state index is -0.110. The van der Waals surface area contributed by atoms with Crippen LogP contribution >= 0.6 is 0 Å². The molecule has 0 amide bonds. The Hall–Kier alpha value is -2.43. The zero-order valence-electron chi connectivity index (χ0n) is 12.9. The Labute approximate surface area is 124 Å². The van der Waals surface area contributed by atoms with E-state index < -0.39 is 0 Å². The van der Waals surface area contributed by atoms with Crippen LogP contribution in [0.5, 0.6) is 0 Å². The maximum atomic E-state index is 11.8. The summed E-state index contributed by atoms with van der Waals surface area (Å²) in [5.41, 5.74) is 3.13. The Morgan fingerprint density at radius 3 is 2.62 bits per heavy atom. The van der Waals surface area contributed by atoms with Gasteiger partial charge in [0, 0.05) is 36.6 Å². The van der Waals surface area contributed by atoms with E-state index in [0.29, 0.717) is 11.4 Å². The van der Waals surface area contributed by atoms with Crippen molar-refractivity contribution in [1.82, 2.24) is 15.0 Å². The number of hydrogen-bond acceptors (Lipinski definition) is 4. The summed E-state index contributed by atoms with van der Waals surface area (Å²) in [6.45, 7) is 10.2. The molecule has 1 N–H and O–H groups in total. The van der Waals surface area contributed by atoms with Crippen LogP contribution < -0.4 is 10.5 Å². The van der Waals surface area contributed by atoms with E-state index in [1.54, 1.807) is 13.1 Å². The van der Waals surface area contributed by atoms with E-state index in [4.69, 9.17) is 0 Å². The first-order chi connectivity index (χ1) is 9.88. The molecule has 0 aliphatic carbocycles. The quantitative estimate of drug-likeness (QED) is 0.876. The van der Waals surface area contributed by atoms with Crippen molar-refractivity contribution < 1.29 is 0 Å². The summed E-state index contributed by atoms with van der Waals surface area (Å²) in [6.07, 6.45) is 1.72. The molecule has 0 spiro atoms. The summed E-state index contributed by atoms with van der Waals surface area (Å²) in [5.74, 6) is 1.40. The highest BCUT2D eigenvalue weighted by molar-refractivity contribution is 5.56. The molecule has 0 aliphatic rings. The minimum Gasteiger partial charge on any atom is -0.356 e. The van der Waals surface area contributed by atoms with Crippen molar-refractivity contribution in [3.63, 3.8) is 0 Å². The molecular weight excluding hydrogens is 264 g/mol. The molecule has 0 unspecified atom stereocenters. The Morgan fingerprint density at radius 1 is 1.38 bits per heavy atom. The van der Waals surface area contributed by atoms with E-state index in [2.05, 4.69) is 21.5 Å². The summed E-state index contributed by atoms with van der Waals surface area (Å²) in [4.78, 5) is 25.4. The molecule has 0 saturated carbocycles. The zero-order chi connectivity index (χ0) is 15.6. The molecule has 0 radical (unpaired) electrons. The molecule has 2 aromatic heterocycles. The number of hydrogen-bond donors (Lipinski definition) is 1. The molecule has 5 nitrogen and oxygen atoms in total. The predicted octanol–water partition coefficient (Wildman–Crippen LogP) is 2.46. The highest BCUT2D eigenvalue weighted by Crippen LogP contribution is 2.17. The average Bonchev–Trinajstić information content (AvgIpc) is 2.43. The molecule has 5 heteroatoms. The molecule has 21 heavy (non-hydrogen) atoms. The van der Waals surface area contributed by atoms with Gasteiger partial charge in [-0.05, 0) is 32.9 Å². The van der Waals surface area contributed by atoms with Crippen molar-refractivity contribution in [2.24, 2.45) is 0 Å². The highest BCUT2D eigenvalue weighted by Gasteiger charge is 2.08. The fourth-order valence-corrected chi connectivity index (χ4v) is 2.02. The van der Waals surface area contributed by atoms with Gasteiger partial charge in [0.25, 0.3) is 5.56 Å². The van der Waals surface area contributed by atoms with Crippen LogP contribution in [-0.4, -0.2) is 28.5 Å². The maximum Gasteiger partial charge on any atom is 0.254 e. The number of anilines is 1. The molecule has 2 rings (SSSR count). The van der Waals surface area contributed by atoms with Crippen molar-refractivity contribution in [3.8, 4) is 11.4 Å². The number of H-pyrrole nitrogens is 1. The number of aromatic amines is 1. The van der Waals surface area contributed by atoms with Crippen molar-refractivity contribution in [2.45, 2.75) is 20.8 Å². The molecule has 0 atom stereocenters. The molecule has 110 valence electrons. The summed E-state index contributed by atoms with van der Waals surface area (Å²) in [7, 11) is 1.97. The number of likely N-dealkylation sites (N-methyl/N-ethyl adjacent to an activating group) is 1. The minimum absolute atomic E-state index is 0.110. The lowest BCUT2D eigenvalue weighted by atomic mass is 10.2. The molecule has 0 aliphatic heterocycles. The monoisotopic (exact) mass is 284 g/mol. The van der Waals surface area contributed by atoms with Gasteiger partial charge < -0.3 is 9.88 Å². The van der Waals surface area contributed by atoms with E-state index in [9.17, 15) is 4.79 Å². The second-order valence-electron chi connectivity index (χ2n) is 5.34. The van der Waals surface area contributed by atoms with Gasteiger partial charge in [-0.3, -0.25) is 4.79 Å². The number of nitrogens with zero attached hydrogens (tertiary/aromatic N) is 3. The largest absolute Gasteiger partial charge is 0.356 e. The Balaban J connectivity index is 2.31. The molecule has 0 bridgehead atoms. The van der Waals surface area contributed by atoms with Gasteiger partial charge in [0.05, 0.1) is 0 Å². The predicted molar refractivity (Wildman–Crippen MR) is 85.6 cm³/mol. The maximum absolute atomic E-state index is 11.8. The lowest BCUT2D eigenvalue weighted by Crippen LogP contribution is -2.20. The number of nitrogens with one attached hydrogen (secondary N) is 1. The summed E-state index contributed by atoms with van der Waals surface area (Å²) in [6, 6.07) is 3.82. The third kappa shape index (κ3) is 3.37. The van der Waals surface area contributed by atoms with E-state index in [1.807, 2.05) is 37.9 Å².